The lowest BCUT2D eigenvalue weighted by atomic mass is 9.73. The Labute approximate surface area is 325 Å². The molecule has 0 radical (unpaired) electrons. The number of sulfonamides is 1. The zero-order valence-corrected chi connectivity index (χ0v) is 31.6. The van der Waals surface area contributed by atoms with Crippen LogP contribution in [0.1, 0.15) is 72.6 Å². The Balaban J connectivity index is 1.37. The average molecular weight is 838 g/mol. The number of nitrogens with one attached hydrogen (secondary N) is 3. The number of rotatable bonds is 9. The summed E-state index contributed by atoms with van der Waals surface area (Å²) in [5.74, 6) is -4.04. The van der Waals surface area contributed by atoms with E-state index < -0.39 is 93.1 Å². The van der Waals surface area contributed by atoms with Gasteiger partial charge in [-0.3, -0.25) is 19.3 Å². The van der Waals surface area contributed by atoms with Crippen molar-refractivity contribution in [3.63, 3.8) is 0 Å². The van der Waals surface area contributed by atoms with Gasteiger partial charge in [-0.15, -0.1) is 0 Å². The molecule has 0 saturated heterocycles. The summed E-state index contributed by atoms with van der Waals surface area (Å²) in [6.45, 7) is 1.72. The molecule has 0 spiro atoms. The number of aromatic nitrogens is 5. The maximum atomic E-state index is 15.6. The minimum atomic E-state index is -5.09. The second kappa shape index (κ2) is 14.0. The number of pyridine rings is 1. The van der Waals surface area contributed by atoms with Crippen LogP contribution in [0.2, 0.25) is 5.02 Å². The highest BCUT2D eigenvalue weighted by atomic mass is 35.5. The van der Waals surface area contributed by atoms with E-state index in [1.807, 2.05) is 0 Å². The van der Waals surface area contributed by atoms with E-state index in [0.29, 0.717) is 10.7 Å². The Kier molecular flexibility index (Phi) is 9.85. The third-order valence-corrected chi connectivity index (χ3v) is 10.5. The van der Waals surface area contributed by atoms with Gasteiger partial charge in [-0.25, -0.2) is 22.2 Å². The van der Waals surface area contributed by atoms with Gasteiger partial charge in [-0.05, 0) is 80.8 Å². The summed E-state index contributed by atoms with van der Waals surface area (Å²) < 4.78 is 130. The van der Waals surface area contributed by atoms with Crippen LogP contribution in [0.3, 0.4) is 0 Å². The molecule has 20 heteroatoms. The smallest absolute Gasteiger partial charge is 0.378 e. The van der Waals surface area contributed by atoms with Crippen molar-refractivity contribution in [1.82, 2.24) is 30.3 Å². The summed E-state index contributed by atoms with van der Waals surface area (Å²) in [4.78, 5) is 18.6. The zero-order valence-electron chi connectivity index (χ0n) is 30.0. The molecule has 0 bridgehead atoms. The van der Waals surface area contributed by atoms with Crippen molar-refractivity contribution in [1.29, 1.82) is 0 Å². The number of alkyl halides is 5. The highest BCUT2D eigenvalue weighted by molar-refractivity contribution is 7.92. The van der Waals surface area contributed by atoms with E-state index in [4.69, 9.17) is 11.6 Å². The first-order chi connectivity index (χ1) is 26.5. The van der Waals surface area contributed by atoms with Crippen LogP contribution in [0.4, 0.5) is 36.6 Å². The maximum absolute atomic E-state index is 15.6. The van der Waals surface area contributed by atoms with E-state index in [0.717, 1.165) is 18.4 Å². The van der Waals surface area contributed by atoms with E-state index in [9.17, 15) is 40.3 Å². The van der Waals surface area contributed by atoms with E-state index in [-0.39, 0.29) is 62.7 Å². The number of carbonyl (C=O) groups excluding carboxylic acids is 1. The van der Waals surface area contributed by atoms with Crippen LogP contribution >= 0.6 is 11.6 Å². The van der Waals surface area contributed by atoms with Gasteiger partial charge < -0.3 is 10.4 Å². The van der Waals surface area contributed by atoms with Crippen molar-refractivity contribution >= 4 is 44.3 Å². The third-order valence-electron chi connectivity index (χ3n) is 9.67. The standard InChI is InChI=1S/C37H31ClF7N7O4S/c1-35(2,54)11-10-20-4-5-21(22-7-9-25(38)29-31(22)48-49-34(29)51-57(3,55)56)30(46-20)26(14-17-12-18(39)15-19(40)13-17)47-27(53)16-52-33-28(32(50-52)37(43,44)45)23-6-8-24(23)36(33,41)42/h4-5,7,9,12-13,15,23-24,26,54H,6,8,14,16H2,1-3H3,(H,47,53)(H2,48,49,51)/t23-,24+,26-/m0/s1. The van der Waals surface area contributed by atoms with E-state index in [1.54, 1.807) is 0 Å². The lowest BCUT2D eigenvalue weighted by molar-refractivity contribution is -0.144. The Hall–Kier alpha value is -5.19. The summed E-state index contributed by atoms with van der Waals surface area (Å²) in [7, 11) is -3.84. The average Bonchev–Trinajstić information content (AvgIpc) is 3.68. The quantitative estimate of drug-likeness (QED) is 0.0925. The molecule has 0 aliphatic heterocycles. The normalized spacial score (nSPS) is 18.0. The molecule has 2 aliphatic carbocycles. The number of amides is 1. The number of fused-ring (bicyclic) bond motifs is 4. The topological polar surface area (TPSA) is 155 Å². The van der Waals surface area contributed by atoms with Crippen LogP contribution in [-0.4, -0.2) is 56.3 Å². The Morgan fingerprint density at radius 2 is 1.79 bits per heavy atom. The number of hydrogen-bond donors (Lipinski definition) is 4. The molecule has 3 atom stereocenters. The highest BCUT2D eigenvalue weighted by Gasteiger charge is 2.63. The van der Waals surface area contributed by atoms with Gasteiger partial charge in [-0.2, -0.15) is 32.1 Å². The van der Waals surface area contributed by atoms with Gasteiger partial charge in [-0.1, -0.05) is 23.6 Å². The number of carbonyl (C=O) groups is 1. The number of aliphatic hydroxyl groups is 1. The highest BCUT2D eigenvalue weighted by Crippen LogP contribution is 2.64. The monoisotopic (exact) mass is 837 g/mol. The van der Waals surface area contributed by atoms with Crippen molar-refractivity contribution in [2.45, 2.75) is 69.3 Å². The summed E-state index contributed by atoms with van der Waals surface area (Å²) in [6.07, 6.45) is -4.51. The van der Waals surface area contributed by atoms with Gasteiger partial charge in [0.1, 0.15) is 35.2 Å². The SMILES string of the molecule is CC(C)(O)C#Cc1ccc(-c2ccc(Cl)c3c(NS(C)(=O)=O)n[nH]c23)c([C@H](Cc2cc(F)cc(F)c2)NC(=O)Cn2nc(C(F)(F)F)c3c2C(F)(F)[C@@H]2CC[C@H]32)n1. The first-order valence-corrected chi connectivity index (χ1v) is 19.5. The van der Waals surface area contributed by atoms with Gasteiger partial charge in [0.25, 0.3) is 5.92 Å². The summed E-state index contributed by atoms with van der Waals surface area (Å²) in [5.41, 5.74) is -4.00. The Morgan fingerprint density at radius 1 is 1.11 bits per heavy atom. The van der Waals surface area contributed by atoms with Crippen LogP contribution in [0.15, 0.2) is 42.5 Å². The number of hydrogen-bond acceptors (Lipinski definition) is 7. The van der Waals surface area contributed by atoms with Crippen LogP contribution in [0.25, 0.3) is 22.0 Å². The first kappa shape index (κ1) is 40.0. The number of halogens is 8. The van der Waals surface area contributed by atoms with E-state index in [1.165, 1.54) is 38.1 Å². The Bertz CT molecular complexity index is 2610. The molecular formula is C37H31ClF7N7O4S. The molecule has 11 nitrogen and oxygen atoms in total. The summed E-state index contributed by atoms with van der Waals surface area (Å²) in [5, 5.41) is 23.3. The van der Waals surface area contributed by atoms with Crippen LogP contribution in [0.5, 0.6) is 0 Å². The fraction of sp³-hybridized carbons (Fsp3) is 0.351. The molecule has 2 aromatic carbocycles. The second-order valence-corrected chi connectivity index (χ2v) is 16.7. The lowest BCUT2D eigenvalue weighted by Crippen LogP contribution is -2.36. The number of anilines is 1. The van der Waals surface area contributed by atoms with Gasteiger partial charge in [0.15, 0.2) is 11.5 Å². The predicted molar refractivity (Wildman–Crippen MR) is 194 cm³/mol. The molecule has 2 aliphatic rings. The van der Waals surface area contributed by atoms with Crippen molar-refractivity contribution in [2.24, 2.45) is 5.92 Å². The zero-order chi connectivity index (χ0) is 41.4. The second-order valence-electron chi connectivity index (χ2n) is 14.5. The van der Waals surface area contributed by atoms with E-state index in [2.05, 4.69) is 42.2 Å². The van der Waals surface area contributed by atoms with Crippen LogP contribution < -0.4 is 10.0 Å². The number of benzene rings is 2. The van der Waals surface area contributed by atoms with Gasteiger partial charge in [0.05, 0.1) is 33.9 Å². The van der Waals surface area contributed by atoms with Crippen LogP contribution in [-0.2, 0) is 39.9 Å². The van der Waals surface area contributed by atoms with Crippen LogP contribution in [0, 0.1) is 29.4 Å². The molecule has 7 rings (SSSR count). The minimum absolute atomic E-state index is 0.0106. The predicted octanol–water partition coefficient (Wildman–Crippen LogP) is 6.96. The number of aromatic amines is 1. The Morgan fingerprint density at radius 3 is 2.40 bits per heavy atom. The van der Waals surface area contributed by atoms with E-state index >= 15 is 8.78 Å². The molecule has 4 N–H and O–H groups in total. The minimum Gasteiger partial charge on any atom is -0.378 e. The summed E-state index contributed by atoms with van der Waals surface area (Å²) in [6, 6.07) is 7.06. The molecule has 1 saturated carbocycles. The molecule has 57 heavy (non-hydrogen) atoms. The van der Waals surface area contributed by atoms with Crippen molar-refractivity contribution in [2.75, 3.05) is 11.0 Å². The molecule has 1 fully saturated rings. The lowest BCUT2D eigenvalue weighted by Gasteiger charge is -2.34. The van der Waals surface area contributed by atoms with Gasteiger partial charge in [0, 0.05) is 28.7 Å². The molecule has 0 unspecified atom stereocenters. The molecular weight excluding hydrogens is 807 g/mol. The fourth-order valence-corrected chi connectivity index (χ4v) is 8.08. The largest absolute Gasteiger partial charge is 0.435 e. The van der Waals surface area contributed by atoms with Crippen molar-refractivity contribution in [3.8, 4) is 23.0 Å². The van der Waals surface area contributed by atoms with Crippen molar-refractivity contribution in [3.05, 3.63) is 93.0 Å². The maximum Gasteiger partial charge on any atom is 0.435 e. The van der Waals surface area contributed by atoms with Gasteiger partial charge >= 0.3 is 6.18 Å². The molecule has 3 aromatic heterocycles. The molecule has 3 heterocycles. The fourth-order valence-electron chi connectivity index (χ4n) is 7.34. The number of H-pyrrole nitrogens is 1. The molecule has 1 amide bonds. The number of nitrogens with zero attached hydrogens (tertiary/aromatic N) is 4. The molecule has 5 aromatic rings. The summed E-state index contributed by atoms with van der Waals surface area (Å²) >= 11 is 6.49. The van der Waals surface area contributed by atoms with Gasteiger partial charge in [0.2, 0.25) is 15.9 Å². The first-order valence-electron chi connectivity index (χ1n) is 17.2. The third kappa shape index (κ3) is 7.90. The van der Waals surface area contributed by atoms with Crippen molar-refractivity contribution < 1.29 is 49.1 Å². The molecule has 300 valence electrons.